The number of anilines is 2. The molecule has 198 valence electrons. The van der Waals surface area contributed by atoms with Gasteiger partial charge in [0.15, 0.2) is 11.5 Å². The SMILES string of the molecule is Cc1cc2c(c3c1-c1ccccc1C3(C)C)N(C1=CC=CCC1)c1c(cc(C)c3c1C(C)(C)c1ccccc1-3)O2. The summed E-state index contributed by atoms with van der Waals surface area (Å²) in [5.74, 6) is 1.93. The molecule has 40 heavy (non-hydrogen) atoms. The normalized spacial score (nSPS) is 18.1. The van der Waals surface area contributed by atoms with Crippen LogP contribution >= 0.6 is 0 Å². The molecule has 0 saturated heterocycles. The molecule has 2 nitrogen and oxygen atoms in total. The summed E-state index contributed by atoms with van der Waals surface area (Å²) in [6, 6.07) is 22.5. The predicted molar refractivity (Wildman–Crippen MR) is 166 cm³/mol. The van der Waals surface area contributed by atoms with Crippen molar-refractivity contribution in [3.8, 4) is 33.8 Å². The summed E-state index contributed by atoms with van der Waals surface area (Å²) < 4.78 is 7.01. The fraction of sp³-hybridized carbons (Fsp3) is 0.263. The molecule has 0 unspecified atom stereocenters. The van der Waals surface area contributed by atoms with Crippen molar-refractivity contribution in [1.29, 1.82) is 0 Å². The maximum atomic E-state index is 7.01. The highest BCUT2D eigenvalue weighted by Crippen LogP contribution is 2.65. The molecular formula is C38H35NO. The van der Waals surface area contributed by atoms with Crippen molar-refractivity contribution in [2.24, 2.45) is 0 Å². The van der Waals surface area contributed by atoms with Gasteiger partial charge in [-0.15, -0.1) is 0 Å². The van der Waals surface area contributed by atoms with E-state index in [0.717, 1.165) is 24.3 Å². The molecular weight excluding hydrogens is 486 g/mol. The molecule has 0 N–H and O–H groups in total. The third-order valence-electron chi connectivity index (χ3n) is 9.86. The van der Waals surface area contributed by atoms with E-state index in [4.69, 9.17) is 4.74 Å². The lowest BCUT2D eigenvalue weighted by atomic mass is 9.78. The smallest absolute Gasteiger partial charge is 0.152 e. The molecule has 3 aliphatic carbocycles. The minimum Gasteiger partial charge on any atom is -0.453 e. The Kier molecular flexibility index (Phi) is 4.64. The maximum Gasteiger partial charge on any atom is 0.152 e. The van der Waals surface area contributed by atoms with Crippen molar-refractivity contribution < 1.29 is 4.74 Å². The van der Waals surface area contributed by atoms with Gasteiger partial charge in [-0.25, -0.2) is 0 Å². The topological polar surface area (TPSA) is 12.5 Å². The van der Waals surface area contributed by atoms with Gasteiger partial charge in [0.1, 0.15) is 0 Å². The number of hydrogen-bond donors (Lipinski definition) is 0. The van der Waals surface area contributed by atoms with E-state index >= 15 is 0 Å². The van der Waals surface area contributed by atoms with Gasteiger partial charge in [-0.2, -0.15) is 0 Å². The van der Waals surface area contributed by atoms with Crippen molar-refractivity contribution in [2.45, 2.75) is 65.2 Å². The minimum atomic E-state index is -0.154. The van der Waals surface area contributed by atoms with E-state index in [1.165, 1.54) is 72.7 Å². The Hall–Kier alpha value is -4.04. The lowest BCUT2D eigenvalue weighted by Gasteiger charge is -2.42. The van der Waals surface area contributed by atoms with Gasteiger partial charge < -0.3 is 9.64 Å². The van der Waals surface area contributed by atoms with Gasteiger partial charge in [0.2, 0.25) is 0 Å². The average molecular weight is 522 g/mol. The number of fused-ring (bicyclic) bond motifs is 10. The quantitative estimate of drug-likeness (QED) is 0.247. The molecule has 4 aromatic carbocycles. The first kappa shape index (κ1) is 23.8. The molecule has 8 rings (SSSR count). The zero-order valence-corrected chi connectivity index (χ0v) is 24.3. The van der Waals surface area contributed by atoms with Crippen LogP contribution in [-0.2, 0) is 10.8 Å². The molecule has 2 heteroatoms. The minimum absolute atomic E-state index is 0.154. The van der Waals surface area contributed by atoms with Crippen molar-refractivity contribution in [3.63, 3.8) is 0 Å². The monoisotopic (exact) mass is 521 g/mol. The van der Waals surface area contributed by atoms with Crippen LogP contribution in [0.3, 0.4) is 0 Å². The molecule has 0 fully saturated rings. The zero-order chi connectivity index (χ0) is 27.6. The van der Waals surface area contributed by atoms with Gasteiger partial charge in [-0.3, -0.25) is 0 Å². The largest absolute Gasteiger partial charge is 0.453 e. The third-order valence-corrected chi connectivity index (χ3v) is 9.86. The van der Waals surface area contributed by atoms with Crippen LogP contribution in [0.1, 0.15) is 73.9 Å². The van der Waals surface area contributed by atoms with E-state index in [2.05, 4.69) is 125 Å². The molecule has 0 atom stereocenters. The van der Waals surface area contributed by atoms with E-state index < -0.39 is 0 Å². The highest BCUT2D eigenvalue weighted by atomic mass is 16.5. The number of hydrogen-bond acceptors (Lipinski definition) is 2. The Morgan fingerprint density at radius 1 is 0.700 bits per heavy atom. The molecule has 0 radical (unpaired) electrons. The fourth-order valence-electron chi connectivity index (χ4n) is 8.12. The van der Waals surface area contributed by atoms with Crippen molar-refractivity contribution in [3.05, 3.63) is 118 Å². The first-order valence-electron chi connectivity index (χ1n) is 14.6. The van der Waals surface area contributed by atoms with Crippen LogP contribution in [-0.4, -0.2) is 0 Å². The molecule has 4 aromatic rings. The van der Waals surface area contributed by atoms with Crippen LogP contribution in [0.25, 0.3) is 22.3 Å². The second-order valence-electron chi connectivity index (χ2n) is 13.0. The summed E-state index contributed by atoms with van der Waals surface area (Å²) in [6.07, 6.45) is 8.89. The van der Waals surface area contributed by atoms with Gasteiger partial charge in [-0.1, -0.05) is 88.4 Å². The summed E-state index contributed by atoms with van der Waals surface area (Å²) >= 11 is 0. The van der Waals surface area contributed by atoms with Gasteiger partial charge >= 0.3 is 0 Å². The molecule has 0 spiro atoms. The first-order valence-corrected chi connectivity index (χ1v) is 14.6. The third kappa shape index (κ3) is 2.84. The van der Waals surface area contributed by atoms with Gasteiger partial charge in [0, 0.05) is 16.5 Å². The van der Waals surface area contributed by atoms with E-state index in [1.54, 1.807) is 0 Å². The van der Waals surface area contributed by atoms with Crippen LogP contribution in [0.15, 0.2) is 84.6 Å². The number of nitrogens with zero attached hydrogens (tertiary/aromatic N) is 1. The van der Waals surface area contributed by atoms with Gasteiger partial charge in [0.25, 0.3) is 0 Å². The number of allylic oxidation sites excluding steroid dienone is 4. The van der Waals surface area contributed by atoms with Crippen LogP contribution in [0.2, 0.25) is 0 Å². The van der Waals surface area contributed by atoms with Crippen molar-refractivity contribution in [1.82, 2.24) is 0 Å². The highest BCUT2D eigenvalue weighted by Gasteiger charge is 2.47. The van der Waals surface area contributed by atoms with Crippen LogP contribution in [0.5, 0.6) is 11.5 Å². The maximum absolute atomic E-state index is 7.01. The molecule has 0 saturated carbocycles. The number of rotatable bonds is 1. The van der Waals surface area contributed by atoms with Gasteiger partial charge in [0.05, 0.1) is 11.4 Å². The lowest BCUT2D eigenvalue weighted by Crippen LogP contribution is -2.29. The Morgan fingerprint density at radius 3 is 1.68 bits per heavy atom. The van der Waals surface area contributed by atoms with E-state index in [-0.39, 0.29) is 10.8 Å². The molecule has 0 amide bonds. The number of benzene rings is 4. The predicted octanol–water partition coefficient (Wildman–Crippen LogP) is 10.4. The Bertz CT molecular complexity index is 1730. The van der Waals surface area contributed by atoms with Crippen molar-refractivity contribution in [2.75, 3.05) is 4.90 Å². The number of aryl methyl sites for hydroxylation is 2. The highest BCUT2D eigenvalue weighted by molar-refractivity contribution is 5.99. The Morgan fingerprint density at radius 2 is 1.20 bits per heavy atom. The zero-order valence-electron chi connectivity index (χ0n) is 24.3. The molecule has 4 aliphatic rings. The van der Waals surface area contributed by atoms with E-state index in [1.807, 2.05) is 0 Å². The van der Waals surface area contributed by atoms with E-state index in [0.29, 0.717) is 0 Å². The molecule has 1 aliphatic heterocycles. The summed E-state index contributed by atoms with van der Waals surface area (Å²) in [5.41, 5.74) is 17.0. The summed E-state index contributed by atoms with van der Waals surface area (Å²) in [7, 11) is 0. The molecule has 0 bridgehead atoms. The van der Waals surface area contributed by atoms with Crippen molar-refractivity contribution >= 4 is 11.4 Å². The summed E-state index contributed by atoms with van der Waals surface area (Å²) in [4.78, 5) is 2.61. The lowest BCUT2D eigenvalue weighted by molar-refractivity contribution is 0.469. The summed E-state index contributed by atoms with van der Waals surface area (Å²) in [5, 5.41) is 0. The summed E-state index contributed by atoms with van der Waals surface area (Å²) in [6.45, 7) is 14.0. The second kappa shape index (κ2) is 7.79. The second-order valence-corrected chi connectivity index (χ2v) is 13.0. The molecule has 0 aromatic heterocycles. The Labute approximate surface area is 237 Å². The number of ether oxygens (including phenoxy) is 1. The average Bonchev–Trinajstić information content (AvgIpc) is 3.34. The fourth-order valence-corrected chi connectivity index (χ4v) is 8.12. The Balaban J connectivity index is 1.51. The van der Waals surface area contributed by atoms with Crippen LogP contribution in [0.4, 0.5) is 11.4 Å². The molecule has 1 heterocycles. The standard InChI is InChI=1S/C38H35NO/c1-22-20-29-35(33-31(22)25-16-10-12-18-27(25)37(33,3)4)39(24-14-8-7-9-15-24)36-30(40-29)21-23(2)32-26-17-11-13-19-28(26)38(5,6)34(32)36/h7-8,10-14,16-21H,9,15H2,1-6H3. The van der Waals surface area contributed by atoms with Crippen LogP contribution in [0, 0.1) is 13.8 Å². The van der Waals surface area contributed by atoms with E-state index in [9.17, 15) is 0 Å². The van der Waals surface area contributed by atoms with Crippen LogP contribution < -0.4 is 9.64 Å². The van der Waals surface area contributed by atoms with Gasteiger partial charge in [-0.05, 0) is 101 Å². The first-order chi connectivity index (χ1) is 19.2.